The third-order valence-corrected chi connectivity index (χ3v) is 3.00. The van der Waals surface area contributed by atoms with Gasteiger partial charge in [0.25, 0.3) is 5.56 Å². The van der Waals surface area contributed by atoms with E-state index in [4.69, 9.17) is 5.73 Å². The van der Waals surface area contributed by atoms with Crippen LogP contribution in [0.5, 0.6) is 0 Å². The van der Waals surface area contributed by atoms with Crippen LogP contribution in [0.25, 0.3) is 0 Å². The molecule has 0 spiro atoms. The Morgan fingerprint density at radius 2 is 2.47 bits per heavy atom. The first-order valence-electron chi connectivity index (χ1n) is 5.22. The molecule has 0 amide bonds. The van der Waals surface area contributed by atoms with Crippen molar-refractivity contribution in [2.75, 3.05) is 18.0 Å². The van der Waals surface area contributed by atoms with Gasteiger partial charge in [-0.05, 0) is 12.3 Å². The minimum absolute atomic E-state index is 0.125. The number of aromatic amines is 1. The minimum Gasteiger partial charge on any atom is -0.350 e. The van der Waals surface area contributed by atoms with Gasteiger partial charge in [0, 0.05) is 31.5 Å². The van der Waals surface area contributed by atoms with Gasteiger partial charge in [0.05, 0.1) is 0 Å². The fourth-order valence-corrected chi connectivity index (χ4v) is 1.86. The molecule has 0 saturated carbocycles. The molecule has 2 heterocycles. The molecule has 2 rings (SSSR count). The van der Waals surface area contributed by atoms with Gasteiger partial charge in [0.1, 0.15) is 0 Å². The number of nitrogens with zero attached hydrogens (tertiary/aromatic N) is 2. The van der Waals surface area contributed by atoms with Crippen LogP contribution >= 0.6 is 0 Å². The van der Waals surface area contributed by atoms with E-state index in [0.717, 1.165) is 13.0 Å². The summed E-state index contributed by atoms with van der Waals surface area (Å²) in [4.78, 5) is 20.2. The van der Waals surface area contributed by atoms with Crippen LogP contribution < -0.4 is 16.2 Å². The molecule has 1 aliphatic rings. The molecule has 3 N–H and O–H groups in total. The van der Waals surface area contributed by atoms with Crippen LogP contribution in [0, 0.1) is 5.92 Å². The van der Waals surface area contributed by atoms with Gasteiger partial charge in [-0.15, -0.1) is 0 Å². The zero-order chi connectivity index (χ0) is 10.8. The van der Waals surface area contributed by atoms with E-state index >= 15 is 0 Å². The molecule has 1 aromatic rings. The quantitative estimate of drug-likeness (QED) is 0.678. The van der Waals surface area contributed by atoms with Gasteiger partial charge >= 0.3 is 0 Å². The maximum absolute atomic E-state index is 11.5. The molecule has 2 atom stereocenters. The second kappa shape index (κ2) is 4.02. The van der Waals surface area contributed by atoms with Gasteiger partial charge in [0.15, 0.2) is 5.82 Å². The van der Waals surface area contributed by atoms with E-state index in [-0.39, 0.29) is 11.6 Å². The average Bonchev–Trinajstić information content (AvgIpc) is 2.23. The number of nitrogens with one attached hydrogen (secondary N) is 1. The van der Waals surface area contributed by atoms with Crippen molar-refractivity contribution in [2.45, 2.75) is 19.4 Å². The summed E-state index contributed by atoms with van der Waals surface area (Å²) >= 11 is 0. The highest BCUT2D eigenvalue weighted by Crippen LogP contribution is 2.17. The summed E-state index contributed by atoms with van der Waals surface area (Å²) in [7, 11) is 0. The van der Waals surface area contributed by atoms with Crippen molar-refractivity contribution < 1.29 is 0 Å². The highest BCUT2D eigenvalue weighted by Gasteiger charge is 2.24. The molecular weight excluding hydrogens is 192 g/mol. The van der Waals surface area contributed by atoms with Crippen molar-refractivity contribution in [1.82, 2.24) is 9.97 Å². The Kier molecular flexibility index (Phi) is 2.73. The van der Waals surface area contributed by atoms with Crippen LogP contribution in [0.1, 0.15) is 13.3 Å². The molecule has 5 nitrogen and oxygen atoms in total. The molecule has 0 bridgehead atoms. The molecule has 1 aliphatic heterocycles. The van der Waals surface area contributed by atoms with Crippen molar-refractivity contribution in [2.24, 2.45) is 11.7 Å². The van der Waals surface area contributed by atoms with E-state index in [1.807, 2.05) is 4.90 Å². The third kappa shape index (κ3) is 2.02. The first kappa shape index (κ1) is 10.2. The Morgan fingerprint density at radius 3 is 3.13 bits per heavy atom. The summed E-state index contributed by atoms with van der Waals surface area (Å²) in [5, 5.41) is 0. The first-order valence-corrected chi connectivity index (χ1v) is 5.22. The van der Waals surface area contributed by atoms with Crippen LogP contribution in [0.4, 0.5) is 5.82 Å². The third-order valence-electron chi connectivity index (χ3n) is 3.00. The molecule has 0 radical (unpaired) electrons. The molecular formula is C10H16N4O. The lowest BCUT2D eigenvalue weighted by Crippen LogP contribution is -2.49. The zero-order valence-electron chi connectivity index (χ0n) is 8.81. The monoisotopic (exact) mass is 208 g/mol. The SMILES string of the molecule is CC1CCN(c2ncc[nH]c2=O)CC1N. The van der Waals surface area contributed by atoms with Crippen LogP contribution in [0.15, 0.2) is 17.2 Å². The average molecular weight is 208 g/mol. The van der Waals surface area contributed by atoms with E-state index in [1.165, 1.54) is 0 Å². The number of rotatable bonds is 1. The van der Waals surface area contributed by atoms with E-state index in [0.29, 0.717) is 18.3 Å². The lowest BCUT2D eigenvalue weighted by molar-refractivity contribution is 0.377. The van der Waals surface area contributed by atoms with Crippen molar-refractivity contribution in [1.29, 1.82) is 0 Å². The molecule has 15 heavy (non-hydrogen) atoms. The van der Waals surface area contributed by atoms with E-state index in [1.54, 1.807) is 12.4 Å². The number of piperidine rings is 1. The summed E-state index contributed by atoms with van der Waals surface area (Å²) < 4.78 is 0. The van der Waals surface area contributed by atoms with Gasteiger partial charge in [0.2, 0.25) is 0 Å². The summed E-state index contributed by atoms with van der Waals surface area (Å²) in [6, 6.07) is 0.125. The standard InChI is InChI=1S/C10H16N4O/c1-7-2-5-14(6-8(7)11)9-10(15)13-4-3-12-9/h3-4,7-8H,2,5-6,11H2,1H3,(H,13,15). The lowest BCUT2D eigenvalue weighted by atomic mass is 9.94. The smallest absolute Gasteiger partial charge is 0.290 e. The predicted octanol–water partition coefficient (Wildman–Crippen LogP) is -0.0566. The number of anilines is 1. The van der Waals surface area contributed by atoms with E-state index < -0.39 is 0 Å². The fraction of sp³-hybridized carbons (Fsp3) is 0.600. The fourth-order valence-electron chi connectivity index (χ4n) is 1.86. The number of hydrogen-bond donors (Lipinski definition) is 2. The van der Waals surface area contributed by atoms with E-state index in [2.05, 4.69) is 16.9 Å². The topological polar surface area (TPSA) is 75.0 Å². The Bertz CT molecular complexity index is 389. The molecule has 1 saturated heterocycles. The molecule has 1 fully saturated rings. The van der Waals surface area contributed by atoms with Crippen LogP contribution in [0.2, 0.25) is 0 Å². The highest BCUT2D eigenvalue weighted by atomic mass is 16.1. The summed E-state index contributed by atoms with van der Waals surface area (Å²) in [6.45, 7) is 3.71. The normalized spacial score (nSPS) is 26.7. The molecule has 2 unspecified atom stereocenters. The van der Waals surface area contributed by atoms with Gasteiger partial charge in [-0.1, -0.05) is 6.92 Å². The second-order valence-corrected chi connectivity index (χ2v) is 4.12. The first-order chi connectivity index (χ1) is 7.18. The summed E-state index contributed by atoms with van der Waals surface area (Å²) in [6.07, 6.45) is 4.15. The molecule has 5 heteroatoms. The molecule has 0 aliphatic carbocycles. The lowest BCUT2D eigenvalue weighted by Gasteiger charge is -2.35. The number of H-pyrrole nitrogens is 1. The van der Waals surface area contributed by atoms with Gasteiger partial charge < -0.3 is 15.6 Å². The zero-order valence-corrected chi connectivity index (χ0v) is 8.81. The van der Waals surface area contributed by atoms with Gasteiger partial charge in [-0.2, -0.15) is 0 Å². The maximum atomic E-state index is 11.5. The number of nitrogens with two attached hydrogens (primary N) is 1. The number of aromatic nitrogens is 2. The van der Waals surface area contributed by atoms with Crippen molar-refractivity contribution >= 4 is 5.82 Å². The van der Waals surface area contributed by atoms with Gasteiger partial charge in [-0.25, -0.2) is 4.98 Å². The van der Waals surface area contributed by atoms with Crippen molar-refractivity contribution in [3.63, 3.8) is 0 Å². The summed E-state index contributed by atoms with van der Waals surface area (Å²) in [5.74, 6) is 1.00. The molecule has 82 valence electrons. The van der Waals surface area contributed by atoms with Crippen molar-refractivity contribution in [3.8, 4) is 0 Å². The van der Waals surface area contributed by atoms with Crippen LogP contribution in [0.3, 0.4) is 0 Å². The second-order valence-electron chi connectivity index (χ2n) is 4.12. The maximum Gasteiger partial charge on any atom is 0.290 e. The molecule has 1 aromatic heterocycles. The Morgan fingerprint density at radius 1 is 1.67 bits per heavy atom. The minimum atomic E-state index is -0.140. The van der Waals surface area contributed by atoms with Crippen LogP contribution in [-0.4, -0.2) is 29.1 Å². The van der Waals surface area contributed by atoms with Gasteiger partial charge in [-0.3, -0.25) is 4.79 Å². The van der Waals surface area contributed by atoms with E-state index in [9.17, 15) is 4.79 Å². The Hall–Kier alpha value is -1.36. The van der Waals surface area contributed by atoms with Crippen molar-refractivity contribution in [3.05, 3.63) is 22.7 Å². The Labute approximate surface area is 88.3 Å². The predicted molar refractivity (Wildman–Crippen MR) is 58.8 cm³/mol. The largest absolute Gasteiger partial charge is 0.350 e. The Balaban J connectivity index is 2.19. The summed E-state index contributed by atoms with van der Waals surface area (Å²) in [5.41, 5.74) is 5.83. The molecule has 0 aromatic carbocycles. The highest BCUT2D eigenvalue weighted by molar-refractivity contribution is 5.36. The number of hydrogen-bond acceptors (Lipinski definition) is 4. The van der Waals surface area contributed by atoms with Crippen LogP contribution in [-0.2, 0) is 0 Å².